The molecule has 1 aliphatic heterocycles. The molecule has 1 aromatic heterocycles. The van der Waals surface area contributed by atoms with Gasteiger partial charge in [-0.15, -0.1) is 11.3 Å². The molecule has 118 valence electrons. The Morgan fingerprint density at radius 3 is 2.86 bits per heavy atom. The molecule has 3 rings (SSSR count). The topological polar surface area (TPSA) is 49.4 Å². The molecule has 1 N–H and O–H groups in total. The molecule has 1 aromatic rings. The van der Waals surface area contributed by atoms with Crippen LogP contribution in [0.2, 0.25) is 0 Å². The number of nitrogens with one attached hydrogen (secondary N) is 1. The first kappa shape index (κ1) is 15.5. The highest BCUT2D eigenvalue weighted by molar-refractivity contribution is 7.91. The predicted octanol–water partition coefficient (Wildman–Crippen LogP) is 2.81. The fourth-order valence-corrected chi connectivity index (χ4v) is 5.85. The van der Waals surface area contributed by atoms with Gasteiger partial charge in [0, 0.05) is 30.6 Å². The van der Waals surface area contributed by atoms with Gasteiger partial charge in [0.1, 0.15) is 4.21 Å². The second kappa shape index (κ2) is 6.36. The first-order valence-corrected chi connectivity index (χ1v) is 10.2. The van der Waals surface area contributed by atoms with Crippen LogP contribution in [-0.2, 0) is 16.6 Å². The quantitative estimate of drug-likeness (QED) is 0.873. The Morgan fingerprint density at radius 2 is 2.14 bits per heavy atom. The Balaban J connectivity index is 1.68. The van der Waals surface area contributed by atoms with Crippen LogP contribution in [0.25, 0.3) is 0 Å². The highest BCUT2D eigenvalue weighted by Gasteiger charge is 2.30. The van der Waals surface area contributed by atoms with Crippen LogP contribution in [-0.4, -0.2) is 31.9 Å². The third-order valence-corrected chi connectivity index (χ3v) is 7.85. The minimum atomic E-state index is -3.28. The number of hydrogen-bond acceptors (Lipinski definition) is 4. The third kappa shape index (κ3) is 3.67. The molecule has 1 unspecified atom stereocenters. The molecule has 6 heteroatoms. The Bertz CT molecular complexity index is 578. The molecule has 0 radical (unpaired) electrons. The molecule has 1 saturated heterocycles. The summed E-state index contributed by atoms with van der Waals surface area (Å²) in [5, 5.41) is 3.44. The van der Waals surface area contributed by atoms with Crippen molar-refractivity contribution in [1.29, 1.82) is 0 Å². The number of hydrogen-bond donors (Lipinski definition) is 1. The van der Waals surface area contributed by atoms with E-state index in [1.54, 1.807) is 10.4 Å². The van der Waals surface area contributed by atoms with Crippen LogP contribution >= 0.6 is 11.3 Å². The molecule has 0 aromatic carbocycles. The maximum absolute atomic E-state index is 12.7. The molecule has 2 aliphatic rings. The van der Waals surface area contributed by atoms with E-state index in [4.69, 9.17) is 0 Å². The molecular formula is C15H24N2O2S2. The second-order valence-electron chi connectivity index (χ2n) is 6.16. The van der Waals surface area contributed by atoms with Crippen molar-refractivity contribution in [3.05, 3.63) is 17.0 Å². The van der Waals surface area contributed by atoms with Crippen LogP contribution in [0.15, 0.2) is 16.3 Å². The zero-order valence-corrected chi connectivity index (χ0v) is 14.2. The molecule has 1 aliphatic carbocycles. The fraction of sp³-hybridized carbons (Fsp3) is 0.733. The van der Waals surface area contributed by atoms with E-state index >= 15 is 0 Å². The lowest BCUT2D eigenvalue weighted by molar-refractivity contribution is 0.262. The number of piperidine rings is 1. The maximum Gasteiger partial charge on any atom is 0.252 e. The molecule has 0 bridgehead atoms. The number of thiophene rings is 1. The first-order chi connectivity index (χ1) is 10.1. The van der Waals surface area contributed by atoms with Gasteiger partial charge >= 0.3 is 0 Å². The lowest BCUT2D eigenvalue weighted by Gasteiger charge is -2.30. The molecular weight excluding hydrogens is 304 g/mol. The van der Waals surface area contributed by atoms with E-state index in [1.165, 1.54) is 24.2 Å². The number of rotatable bonds is 6. The summed E-state index contributed by atoms with van der Waals surface area (Å²) in [6, 6.07) is 4.38. The number of nitrogens with zero attached hydrogens (tertiary/aromatic N) is 1. The van der Waals surface area contributed by atoms with E-state index in [1.807, 2.05) is 6.07 Å². The van der Waals surface area contributed by atoms with Gasteiger partial charge in [-0.1, -0.05) is 13.3 Å². The van der Waals surface area contributed by atoms with Gasteiger partial charge in [-0.05, 0) is 43.7 Å². The highest BCUT2D eigenvalue weighted by Crippen LogP contribution is 2.29. The van der Waals surface area contributed by atoms with Gasteiger partial charge in [0.15, 0.2) is 0 Å². The summed E-state index contributed by atoms with van der Waals surface area (Å²) in [4.78, 5) is 1.12. The highest BCUT2D eigenvalue weighted by atomic mass is 32.2. The van der Waals surface area contributed by atoms with Gasteiger partial charge in [-0.3, -0.25) is 0 Å². The van der Waals surface area contributed by atoms with Crippen LogP contribution in [0.3, 0.4) is 0 Å². The lowest BCUT2D eigenvalue weighted by atomic mass is 9.97. The number of sulfonamides is 1. The van der Waals surface area contributed by atoms with Gasteiger partial charge in [0.2, 0.25) is 0 Å². The Labute approximate surface area is 131 Å². The van der Waals surface area contributed by atoms with Crippen molar-refractivity contribution in [1.82, 2.24) is 9.62 Å². The Kier molecular flexibility index (Phi) is 4.69. The monoisotopic (exact) mass is 328 g/mol. The molecule has 0 amide bonds. The standard InChI is InChI=1S/C15H24N2O2S2/c1-2-12-4-3-9-17(11-12)21(18,19)15-8-7-14(20-15)10-16-13-5-6-13/h7-8,12-13,16H,2-6,9-11H2,1H3. The van der Waals surface area contributed by atoms with Gasteiger partial charge in [-0.25, -0.2) is 8.42 Å². The van der Waals surface area contributed by atoms with E-state index < -0.39 is 10.0 Å². The molecule has 0 spiro atoms. The van der Waals surface area contributed by atoms with Gasteiger partial charge in [-0.2, -0.15) is 4.31 Å². The lowest BCUT2D eigenvalue weighted by Crippen LogP contribution is -2.39. The largest absolute Gasteiger partial charge is 0.309 e. The van der Waals surface area contributed by atoms with Crippen LogP contribution in [0.4, 0.5) is 0 Å². The minimum absolute atomic E-state index is 0.506. The summed E-state index contributed by atoms with van der Waals surface area (Å²) in [7, 11) is -3.28. The summed E-state index contributed by atoms with van der Waals surface area (Å²) in [6.45, 7) is 4.30. The van der Waals surface area contributed by atoms with E-state index in [-0.39, 0.29) is 0 Å². The SMILES string of the molecule is CCC1CCCN(S(=O)(=O)c2ccc(CNC3CC3)s2)C1. The molecule has 1 atom stereocenters. The second-order valence-corrected chi connectivity index (χ2v) is 9.49. The van der Waals surface area contributed by atoms with E-state index in [0.29, 0.717) is 29.3 Å². The first-order valence-electron chi connectivity index (χ1n) is 7.92. The summed E-state index contributed by atoms with van der Waals surface area (Å²) in [5.74, 6) is 0.518. The zero-order valence-electron chi connectivity index (χ0n) is 12.5. The van der Waals surface area contributed by atoms with E-state index in [2.05, 4.69) is 12.2 Å². The van der Waals surface area contributed by atoms with Crippen LogP contribution in [0.5, 0.6) is 0 Å². The van der Waals surface area contributed by atoms with Crippen molar-refractivity contribution in [2.24, 2.45) is 5.92 Å². The van der Waals surface area contributed by atoms with Gasteiger partial charge in [0.25, 0.3) is 10.0 Å². The zero-order chi connectivity index (χ0) is 14.9. The molecule has 2 fully saturated rings. The van der Waals surface area contributed by atoms with Crippen LogP contribution < -0.4 is 5.32 Å². The summed E-state index contributed by atoms with van der Waals surface area (Å²) in [5.41, 5.74) is 0. The maximum atomic E-state index is 12.7. The van der Waals surface area contributed by atoms with Crippen molar-refractivity contribution in [3.8, 4) is 0 Å². The molecule has 1 saturated carbocycles. The smallest absolute Gasteiger partial charge is 0.252 e. The summed E-state index contributed by atoms with van der Waals surface area (Å²) >= 11 is 1.42. The van der Waals surface area contributed by atoms with Crippen LogP contribution in [0.1, 0.15) is 43.9 Å². The summed E-state index contributed by atoms with van der Waals surface area (Å²) in [6.07, 6.45) is 5.71. The summed E-state index contributed by atoms with van der Waals surface area (Å²) < 4.78 is 27.7. The average molecular weight is 329 g/mol. The molecule has 21 heavy (non-hydrogen) atoms. The predicted molar refractivity (Wildman–Crippen MR) is 86.0 cm³/mol. The van der Waals surface area contributed by atoms with Crippen molar-refractivity contribution in [2.45, 2.75) is 55.8 Å². The third-order valence-electron chi connectivity index (χ3n) is 4.43. The van der Waals surface area contributed by atoms with E-state index in [0.717, 1.165) is 30.7 Å². The van der Waals surface area contributed by atoms with Gasteiger partial charge in [0.05, 0.1) is 0 Å². The molecule has 4 nitrogen and oxygen atoms in total. The van der Waals surface area contributed by atoms with Crippen LogP contribution in [0, 0.1) is 5.92 Å². The van der Waals surface area contributed by atoms with E-state index in [9.17, 15) is 8.42 Å². The van der Waals surface area contributed by atoms with Crippen molar-refractivity contribution >= 4 is 21.4 Å². The van der Waals surface area contributed by atoms with Crippen molar-refractivity contribution < 1.29 is 8.42 Å². The van der Waals surface area contributed by atoms with Gasteiger partial charge < -0.3 is 5.32 Å². The van der Waals surface area contributed by atoms with Crippen molar-refractivity contribution in [2.75, 3.05) is 13.1 Å². The average Bonchev–Trinajstić information content (AvgIpc) is 3.21. The fourth-order valence-electron chi connectivity index (χ4n) is 2.83. The van der Waals surface area contributed by atoms with Crippen molar-refractivity contribution in [3.63, 3.8) is 0 Å². The minimum Gasteiger partial charge on any atom is -0.309 e. The molecule has 2 heterocycles. The Morgan fingerprint density at radius 1 is 1.33 bits per heavy atom. The Hall–Kier alpha value is -0.430. The normalized spacial score (nSPS) is 24.3.